The third kappa shape index (κ3) is 4.95. The van der Waals surface area contributed by atoms with E-state index in [-0.39, 0.29) is 17.9 Å². The maximum absolute atomic E-state index is 12.9. The third-order valence-corrected chi connectivity index (χ3v) is 5.06. The second-order valence-corrected chi connectivity index (χ2v) is 6.83. The van der Waals surface area contributed by atoms with Gasteiger partial charge >= 0.3 is 0 Å². The summed E-state index contributed by atoms with van der Waals surface area (Å²) in [5.74, 6) is 0.926. The van der Waals surface area contributed by atoms with Crippen LogP contribution >= 0.6 is 0 Å². The molecule has 142 valence electrons. The highest BCUT2D eigenvalue weighted by atomic mass is 16.5. The van der Waals surface area contributed by atoms with E-state index >= 15 is 0 Å². The smallest absolute Gasteiger partial charge is 0.224 e. The van der Waals surface area contributed by atoms with Crippen LogP contribution in [-0.4, -0.2) is 42.5 Å². The highest BCUT2D eigenvalue weighted by Crippen LogP contribution is 2.25. The maximum Gasteiger partial charge on any atom is 0.224 e. The first-order chi connectivity index (χ1) is 13.2. The van der Waals surface area contributed by atoms with Gasteiger partial charge in [0.1, 0.15) is 5.75 Å². The second kappa shape index (κ2) is 9.33. The third-order valence-electron chi connectivity index (χ3n) is 5.06. The summed E-state index contributed by atoms with van der Waals surface area (Å²) in [6, 6.07) is 13.3. The normalized spacial score (nSPS) is 16.5. The molecule has 1 N–H and O–H groups in total. The summed E-state index contributed by atoms with van der Waals surface area (Å²) >= 11 is 0. The number of amides is 1. The van der Waals surface area contributed by atoms with Gasteiger partial charge < -0.3 is 10.1 Å². The van der Waals surface area contributed by atoms with Crippen LogP contribution in [0.3, 0.4) is 0 Å². The van der Waals surface area contributed by atoms with Crippen molar-refractivity contribution in [1.82, 2.24) is 15.2 Å². The number of ether oxygens (including phenoxy) is 1. The zero-order valence-electron chi connectivity index (χ0n) is 15.8. The molecule has 5 nitrogen and oxygen atoms in total. The van der Waals surface area contributed by atoms with Crippen LogP contribution in [0.2, 0.25) is 0 Å². The fraction of sp³-hybridized carbons (Fsp3) is 0.364. The topological polar surface area (TPSA) is 54.5 Å². The van der Waals surface area contributed by atoms with E-state index in [1.807, 2.05) is 48.5 Å². The highest BCUT2D eigenvalue weighted by molar-refractivity contribution is 5.79. The van der Waals surface area contributed by atoms with E-state index in [0.29, 0.717) is 0 Å². The molecule has 0 bridgehead atoms. The van der Waals surface area contributed by atoms with Crippen molar-refractivity contribution in [2.24, 2.45) is 5.92 Å². The Morgan fingerprint density at radius 2 is 2.04 bits per heavy atom. The van der Waals surface area contributed by atoms with Crippen molar-refractivity contribution in [1.29, 1.82) is 0 Å². The van der Waals surface area contributed by atoms with Gasteiger partial charge in [-0.1, -0.05) is 24.3 Å². The molecule has 1 saturated heterocycles. The molecule has 0 saturated carbocycles. The van der Waals surface area contributed by atoms with Gasteiger partial charge in [0, 0.05) is 18.7 Å². The lowest BCUT2D eigenvalue weighted by molar-refractivity contribution is -0.126. The van der Waals surface area contributed by atoms with Crippen molar-refractivity contribution >= 4 is 5.91 Å². The van der Waals surface area contributed by atoms with Crippen molar-refractivity contribution < 1.29 is 9.53 Å². The molecule has 0 aliphatic carbocycles. The summed E-state index contributed by atoms with van der Waals surface area (Å²) in [7, 11) is 1.64. The zero-order valence-corrected chi connectivity index (χ0v) is 15.8. The van der Waals surface area contributed by atoms with Crippen molar-refractivity contribution in [2.75, 3.05) is 26.7 Å². The quantitative estimate of drug-likeness (QED) is 0.766. The SMILES string of the molecule is C=CCN1CCC(C(=O)NC(c2ccc(OC)cc2)c2ccccn2)CC1. The largest absolute Gasteiger partial charge is 0.497 e. The molecule has 2 heterocycles. The number of aromatic nitrogens is 1. The molecule has 0 radical (unpaired) electrons. The Bertz CT molecular complexity index is 738. The van der Waals surface area contributed by atoms with Crippen molar-refractivity contribution in [3.8, 4) is 5.75 Å². The predicted octanol–water partition coefficient (Wildman–Crippen LogP) is 3.19. The second-order valence-electron chi connectivity index (χ2n) is 6.83. The monoisotopic (exact) mass is 365 g/mol. The molecule has 27 heavy (non-hydrogen) atoms. The van der Waals surface area contributed by atoms with E-state index in [0.717, 1.165) is 49.5 Å². The van der Waals surface area contributed by atoms with Gasteiger partial charge in [0.25, 0.3) is 0 Å². The van der Waals surface area contributed by atoms with Gasteiger partial charge in [-0.25, -0.2) is 0 Å². The lowest BCUT2D eigenvalue weighted by Gasteiger charge is -2.31. The van der Waals surface area contributed by atoms with Crippen LogP contribution in [0.1, 0.15) is 30.1 Å². The first-order valence-electron chi connectivity index (χ1n) is 9.39. The summed E-state index contributed by atoms with van der Waals surface area (Å²) < 4.78 is 5.25. The number of likely N-dealkylation sites (tertiary alicyclic amines) is 1. The number of methoxy groups -OCH3 is 1. The Morgan fingerprint density at radius 1 is 1.30 bits per heavy atom. The van der Waals surface area contributed by atoms with Gasteiger partial charge in [0.15, 0.2) is 0 Å². The molecule has 1 aliphatic heterocycles. The van der Waals surface area contributed by atoms with E-state index < -0.39 is 0 Å². The van der Waals surface area contributed by atoms with Crippen LogP contribution < -0.4 is 10.1 Å². The summed E-state index contributed by atoms with van der Waals surface area (Å²) in [6.45, 7) is 6.54. The van der Waals surface area contributed by atoms with Crippen molar-refractivity contribution in [3.05, 3.63) is 72.6 Å². The molecule has 2 aromatic rings. The number of hydrogen-bond acceptors (Lipinski definition) is 4. The number of piperidine rings is 1. The van der Waals surface area contributed by atoms with Crippen molar-refractivity contribution in [2.45, 2.75) is 18.9 Å². The van der Waals surface area contributed by atoms with Crippen LogP contribution in [-0.2, 0) is 4.79 Å². The fourth-order valence-corrected chi connectivity index (χ4v) is 3.49. The Morgan fingerprint density at radius 3 is 2.63 bits per heavy atom. The van der Waals surface area contributed by atoms with Crippen LogP contribution in [0.15, 0.2) is 61.3 Å². The van der Waals surface area contributed by atoms with Gasteiger partial charge in [-0.05, 0) is 55.8 Å². The van der Waals surface area contributed by atoms with Gasteiger partial charge in [0.2, 0.25) is 5.91 Å². The number of benzene rings is 1. The minimum Gasteiger partial charge on any atom is -0.497 e. The Balaban J connectivity index is 1.73. The first-order valence-corrected chi connectivity index (χ1v) is 9.39. The molecule has 1 aromatic heterocycles. The van der Waals surface area contributed by atoms with E-state index in [4.69, 9.17) is 4.74 Å². The highest BCUT2D eigenvalue weighted by Gasteiger charge is 2.27. The molecule has 1 aliphatic rings. The minimum atomic E-state index is -0.268. The van der Waals surface area contributed by atoms with E-state index in [2.05, 4.69) is 21.8 Å². The van der Waals surface area contributed by atoms with Crippen LogP contribution in [0.25, 0.3) is 0 Å². The summed E-state index contributed by atoms with van der Waals surface area (Å²) in [4.78, 5) is 19.7. The lowest BCUT2D eigenvalue weighted by atomic mass is 9.94. The van der Waals surface area contributed by atoms with Crippen molar-refractivity contribution in [3.63, 3.8) is 0 Å². The van der Waals surface area contributed by atoms with E-state index in [1.54, 1.807) is 13.3 Å². The van der Waals surface area contributed by atoms with Gasteiger partial charge in [-0.3, -0.25) is 14.7 Å². The fourth-order valence-electron chi connectivity index (χ4n) is 3.49. The van der Waals surface area contributed by atoms with Gasteiger partial charge in [-0.2, -0.15) is 0 Å². The number of pyridine rings is 1. The Kier molecular flexibility index (Phi) is 6.60. The standard InChI is InChI=1S/C22H27N3O2/c1-3-14-25-15-11-18(12-16-25)22(26)24-21(20-6-4-5-13-23-20)17-7-9-19(27-2)10-8-17/h3-10,13,18,21H,1,11-12,14-16H2,2H3,(H,24,26). The predicted molar refractivity (Wildman–Crippen MR) is 107 cm³/mol. The van der Waals surface area contributed by atoms with Gasteiger partial charge in [-0.15, -0.1) is 6.58 Å². The Labute approximate surface area is 161 Å². The van der Waals surface area contributed by atoms with E-state index in [1.165, 1.54) is 0 Å². The molecular weight excluding hydrogens is 338 g/mol. The Hall–Kier alpha value is -2.66. The summed E-state index contributed by atoms with van der Waals surface area (Å²) in [6.07, 6.45) is 5.42. The molecule has 1 atom stereocenters. The molecule has 1 amide bonds. The van der Waals surface area contributed by atoms with Crippen LogP contribution in [0.4, 0.5) is 0 Å². The van der Waals surface area contributed by atoms with Crippen LogP contribution in [0.5, 0.6) is 5.75 Å². The molecule has 1 unspecified atom stereocenters. The van der Waals surface area contributed by atoms with Gasteiger partial charge in [0.05, 0.1) is 18.8 Å². The number of nitrogens with zero attached hydrogens (tertiary/aromatic N) is 2. The number of hydrogen-bond donors (Lipinski definition) is 1. The maximum atomic E-state index is 12.9. The number of nitrogens with one attached hydrogen (secondary N) is 1. The van der Waals surface area contributed by atoms with E-state index in [9.17, 15) is 4.79 Å². The number of carbonyl (C=O) groups excluding carboxylic acids is 1. The molecule has 1 aromatic carbocycles. The first kappa shape index (κ1) is 19.1. The molecule has 0 spiro atoms. The number of rotatable bonds is 7. The average Bonchev–Trinajstić information content (AvgIpc) is 2.73. The van der Waals surface area contributed by atoms with Crippen LogP contribution in [0, 0.1) is 5.92 Å². The summed E-state index contributed by atoms with van der Waals surface area (Å²) in [5, 5.41) is 3.22. The summed E-state index contributed by atoms with van der Waals surface area (Å²) in [5.41, 5.74) is 1.83. The lowest BCUT2D eigenvalue weighted by Crippen LogP contribution is -2.41. The molecular formula is C22H27N3O2. The number of carbonyl (C=O) groups is 1. The average molecular weight is 365 g/mol. The zero-order chi connectivity index (χ0) is 19.1. The molecule has 1 fully saturated rings. The molecule has 5 heteroatoms. The molecule has 3 rings (SSSR count). The minimum absolute atomic E-state index is 0.0375.